The lowest BCUT2D eigenvalue weighted by Gasteiger charge is -2.23. The van der Waals surface area contributed by atoms with E-state index in [0.29, 0.717) is 22.6 Å². The van der Waals surface area contributed by atoms with Crippen LogP contribution in [0.25, 0.3) is 0 Å². The summed E-state index contributed by atoms with van der Waals surface area (Å²) in [5.41, 5.74) is 1.16. The third-order valence-electron chi connectivity index (χ3n) is 3.91. The maximum Gasteiger partial charge on any atom is 0.320 e. The molecule has 3 rings (SSSR count). The number of amides is 4. The van der Waals surface area contributed by atoms with E-state index in [1.54, 1.807) is 55.5 Å². The van der Waals surface area contributed by atoms with Crippen LogP contribution < -0.4 is 15.4 Å². The predicted octanol–water partition coefficient (Wildman–Crippen LogP) is 2.46. The van der Waals surface area contributed by atoms with Gasteiger partial charge in [-0.2, -0.15) is 0 Å². The number of fused-ring (bicyclic) bond motifs is 1. The Kier molecular flexibility index (Phi) is 4.38. The van der Waals surface area contributed by atoms with Crippen LogP contribution in [0.5, 0.6) is 5.75 Å². The first-order valence-electron chi connectivity index (χ1n) is 7.70. The van der Waals surface area contributed by atoms with Crippen LogP contribution in [0.15, 0.2) is 48.5 Å². The van der Waals surface area contributed by atoms with Gasteiger partial charge in [0.1, 0.15) is 11.9 Å². The molecule has 1 aliphatic heterocycles. The quantitative estimate of drug-likeness (QED) is 0.838. The highest BCUT2D eigenvalue weighted by atomic mass is 16.5. The third kappa shape index (κ3) is 3.03. The number of methoxy groups -OCH3 is 1. The molecule has 0 saturated carbocycles. The SMILES string of the molecule is COc1ccccc1NC(=O)NC(C)N1C(=O)c2ccccc2C1=O. The average Bonchev–Trinajstić information content (AvgIpc) is 2.86. The van der Waals surface area contributed by atoms with E-state index in [4.69, 9.17) is 4.74 Å². The highest BCUT2D eigenvalue weighted by Gasteiger charge is 2.38. The Morgan fingerprint density at radius 3 is 2.16 bits per heavy atom. The van der Waals surface area contributed by atoms with Crippen LogP contribution in [0.2, 0.25) is 0 Å². The van der Waals surface area contributed by atoms with Gasteiger partial charge in [0.15, 0.2) is 0 Å². The molecule has 2 aromatic rings. The smallest absolute Gasteiger partial charge is 0.320 e. The fourth-order valence-electron chi connectivity index (χ4n) is 2.72. The molecular weight excluding hydrogens is 322 g/mol. The number of urea groups is 1. The molecule has 25 heavy (non-hydrogen) atoms. The van der Waals surface area contributed by atoms with Gasteiger partial charge in [0.05, 0.1) is 23.9 Å². The summed E-state index contributed by atoms with van der Waals surface area (Å²) in [6.45, 7) is 1.57. The Morgan fingerprint density at radius 2 is 1.56 bits per heavy atom. The average molecular weight is 339 g/mol. The van der Waals surface area contributed by atoms with E-state index >= 15 is 0 Å². The highest BCUT2D eigenvalue weighted by molar-refractivity contribution is 6.21. The third-order valence-corrected chi connectivity index (χ3v) is 3.91. The second-order valence-electron chi connectivity index (χ2n) is 5.50. The van der Waals surface area contributed by atoms with Gasteiger partial charge in [-0.3, -0.25) is 14.5 Å². The summed E-state index contributed by atoms with van der Waals surface area (Å²) < 4.78 is 5.17. The lowest BCUT2D eigenvalue weighted by Crippen LogP contribution is -2.50. The minimum atomic E-state index is -0.804. The summed E-state index contributed by atoms with van der Waals surface area (Å²) >= 11 is 0. The molecule has 2 aromatic carbocycles. The Hall–Kier alpha value is -3.35. The normalized spacial score (nSPS) is 14.1. The number of hydrogen-bond acceptors (Lipinski definition) is 4. The number of nitrogens with one attached hydrogen (secondary N) is 2. The molecule has 0 radical (unpaired) electrons. The number of hydrogen-bond donors (Lipinski definition) is 2. The summed E-state index contributed by atoms with van der Waals surface area (Å²) in [5, 5.41) is 5.24. The molecule has 0 saturated heterocycles. The first-order valence-corrected chi connectivity index (χ1v) is 7.70. The van der Waals surface area contributed by atoms with Crippen molar-refractivity contribution in [3.05, 3.63) is 59.7 Å². The Balaban J connectivity index is 1.71. The van der Waals surface area contributed by atoms with Crippen LogP contribution in [0.3, 0.4) is 0 Å². The summed E-state index contributed by atoms with van der Waals surface area (Å²) in [5.74, 6) is -0.345. The van der Waals surface area contributed by atoms with E-state index < -0.39 is 24.0 Å². The van der Waals surface area contributed by atoms with Gasteiger partial charge in [-0.25, -0.2) is 4.79 Å². The Bertz CT molecular complexity index is 815. The second kappa shape index (κ2) is 6.64. The van der Waals surface area contributed by atoms with Crippen LogP contribution >= 0.6 is 0 Å². The van der Waals surface area contributed by atoms with Crippen LogP contribution in [-0.4, -0.2) is 36.0 Å². The number of rotatable bonds is 4. The molecule has 7 heteroatoms. The van der Waals surface area contributed by atoms with Crippen molar-refractivity contribution in [3.63, 3.8) is 0 Å². The topological polar surface area (TPSA) is 87.7 Å². The van der Waals surface area contributed by atoms with Crippen LogP contribution in [0.1, 0.15) is 27.6 Å². The van der Waals surface area contributed by atoms with Crippen LogP contribution in [-0.2, 0) is 0 Å². The molecule has 128 valence electrons. The van der Waals surface area contributed by atoms with E-state index in [1.165, 1.54) is 7.11 Å². The zero-order chi connectivity index (χ0) is 18.0. The van der Waals surface area contributed by atoms with Gasteiger partial charge in [-0.15, -0.1) is 0 Å². The van der Waals surface area contributed by atoms with Crippen LogP contribution in [0.4, 0.5) is 10.5 Å². The van der Waals surface area contributed by atoms with Crippen LogP contribution in [0, 0.1) is 0 Å². The minimum Gasteiger partial charge on any atom is -0.495 e. The number of ether oxygens (including phenoxy) is 1. The van der Waals surface area contributed by atoms with E-state index in [1.807, 2.05) is 0 Å². The van der Waals surface area contributed by atoms with Crippen molar-refractivity contribution < 1.29 is 19.1 Å². The molecule has 1 unspecified atom stereocenters. The number of carbonyl (C=O) groups is 3. The second-order valence-corrected chi connectivity index (χ2v) is 5.50. The summed E-state index contributed by atoms with van der Waals surface area (Å²) in [4.78, 5) is 38.0. The van der Waals surface area contributed by atoms with Crippen molar-refractivity contribution in [2.45, 2.75) is 13.1 Å². The number of para-hydroxylation sites is 2. The van der Waals surface area contributed by atoms with Crippen molar-refractivity contribution in [1.82, 2.24) is 10.2 Å². The fourth-order valence-corrected chi connectivity index (χ4v) is 2.72. The lowest BCUT2D eigenvalue weighted by atomic mass is 10.1. The highest BCUT2D eigenvalue weighted by Crippen LogP contribution is 2.25. The van der Waals surface area contributed by atoms with Crippen molar-refractivity contribution in [3.8, 4) is 5.75 Å². The van der Waals surface area contributed by atoms with Gasteiger partial charge >= 0.3 is 6.03 Å². The Morgan fingerprint density at radius 1 is 1.00 bits per heavy atom. The molecule has 1 aliphatic rings. The molecule has 0 aromatic heterocycles. The maximum absolute atomic E-state index is 12.4. The number of carbonyl (C=O) groups excluding carboxylic acids is 3. The molecule has 0 spiro atoms. The van der Waals surface area contributed by atoms with Crippen molar-refractivity contribution in [2.75, 3.05) is 12.4 Å². The molecule has 4 amide bonds. The standard InChI is InChI=1S/C18H17N3O4/c1-11(19-18(24)20-14-9-5-6-10-15(14)25-2)21-16(22)12-7-3-4-8-13(12)17(21)23/h3-11H,1-2H3,(H2,19,20,24). The molecule has 7 nitrogen and oxygen atoms in total. The fraction of sp³-hybridized carbons (Fsp3) is 0.167. The number of nitrogens with zero attached hydrogens (tertiary/aromatic N) is 1. The first-order chi connectivity index (χ1) is 12.0. The van der Waals surface area contributed by atoms with E-state index in [9.17, 15) is 14.4 Å². The largest absolute Gasteiger partial charge is 0.495 e. The van der Waals surface area contributed by atoms with E-state index in [-0.39, 0.29) is 0 Å². The molecule has 0 fully saturated rings. The summed E-state index contributed by atoms with van der Waals surface area (Å²) in [6, 6.07) is 13.0. The van der Waals surface area contributed by atoms with Gasteiger partial charge in [-0.1, -0.05) is 24.3 Å². The monoisotopic (exact) mass is 339 g/mol. The zero-order valence-corrected chi connectivity index (χ0v) is 13.8. The molecule has 0 aliphatic carbocycles. The van der Waals surface area contributed by atoms with Gasteiger partial charge in [0.2, 0.25) is 0 Å². The minimum absolute atomic E-state index is 0.339. The van der Waals surface area contributed by atoms with Gasteiger partial charge in [-0.05, 0) is 31.2 Å². The van der Waals surface area contributed by atoms with Crippen molar-refractivity contribution >= 4 is 23.5 Å². The number of imide groups is 1. The van der Waals surface area contributed by atoms with Gasteiger partial charge < -0.3 is 15.4 Å². The Labute approximate surface area is 144 Å². The van der Waals surface area contributed by atoms with Gasteiger partial charge in [0.25, 0.3) is 11.8 Å². The molecule has 1 heterocycles. The molecule has 1 atom stereocenters. The maximum atomic E-state index is 12.4. The zero-order valence-electron chi connectivity index (χ0n) is 13.8. The van der Waals surface area contributed by atoms with Crippen molar-refractivity contribution in [1.29, 1.82) is 0 Å². The van der Waals surface area contributed by atoms with Crippen molar-refractivity contribution in [2.24, 2.45) is 0 Å². The first kappa shape index (κ1) is 16.5. The van der Waals surface area contributed by atoms with E-state index in [0.717, 1.165) is 4.90 Å². The predicted molar refractivity (Wildman–Crippen MR) is 91.6 cm³/mol. The number of anilines is 1. The summed E-state index contributed by atoms with van der Waals surface area (Å²) in [7, 11) is 1.50. The van der Waals surface area contributed by atoms with E-state index in [2.05, 4.69) is 10.6 Å². The van der Waals surface area contributed by atoms with Gasteiger partial charge in [0, 0.05) is 0 Å². The molecular formula is C18H17N3O4. The lowest BCUT2D eigenvalue weighted by molar-refractivity contribution is 0.0581. The number of benzene rings is 2. The summed E-state index contributed by atoms with van der Waals surface area (Å²) in [6.07, 6.45) is -0.804. The molecule has 0 bridgehead atoms. The molecule has 2 N–H and O–H groups in total.